The molecule has 0 unspecified atom stereocenters. The van der Waals surface area contributed by atoms with Gasteiger partial charge in [0.25, 0.3) is 0 Å². The molecular formula is C58H35N3OS. The van der Waals surface area contributed by atoms with Crippen LogP contribution in [-0.4, -0.2) is 15.0 Å². The van der Waals surface area contributed by atoms with Gasteiger partial charge in [-0.3, -0.25) is 0 Å². The summed E-state index contributed by atoms with van der Waals surface area (Å²) >= 11 is 1.87. The minimum absolute atomic E-state index is 0.386. The number of benzene rings is 9. The lowest BCUT2D eigenvalue weighted by Crippen LogP contribution is -2.31. The number of para-hydroxylation sites is 2. The van der Waals surface area contributed by atoms with Gasteiger partial charge in [-0.05, 0) is 68.3 Å². The van der Waals surface area contributed by atoms with Crippen LogP contribution in [0, 0.1) is 0 Å². The van der Waals surface area contributed by atoms with E-state index in [1.54, 1.807) is 0 Å². The second-order valence-electron chi connectivity index (χ2n) is 16.3. The average molecular weight is 822 g/mol. The van der Waals surface area contributed by atoms with Gasteiger partial charge in [0.15, 0.2) is 17.5 Å². The van der Waals surface area contributed by atoms with Crippen LogP contribution in [-0.2, 0) is 5.41 Å². The molecule has 5 heteroatoms. The largest absolute Gasteiger partial charge is 0.455 e. The molecule has 294 valence electrons. The smallest absolute Gasteiger partial charge is 0.164 e. The zero-order chi connectivity index (χ0) is 41.5. The van der Waals surface area contributed by atoms with Gasteiger partial charge in [0.2, 0.25) is 0 Å². The fraction of sp³-hybridized carbons (Fsp3) is 0.0172. The normalized spacial score (nSPS) is 13.1. The Bertz CT molecular complexity index is 3550. The van der Waals surface area contributed by atoms with E-state index in [1.807, 2.05) is 54.2 Å². The molecule has 0 N–H and O–H groups in total. The van der Waals surface area contributed by atoms with Crippen LogP contribution in [0.5, 0.6) is 0 Å². The molecular weight excluding hydrogens is 787 g/mol. The molecule has 0 atom stereocenters. The van der Waals surface area contributed by atoms with Gasteiger partial charge in [-0.15, -0.1) is 0 Å². The van der Waals surface area contributed by atoms with Crippen molar-refractivity contribution in [3.63, 3.8) is 0 Å². The maximum atomic E-state index is 6.37. The van der Waals surface area contributed by atoms with Gasteiger partial charge >= 0.3 is 0 Å². The van der Waals surface area contributed by atoms with E-state index >= 15 is 0 Å². The van der Waals surface area contributed by atoms with E-state index in [2.05, 4.69) is 170 Å². The first-order chi connectivity index (χ1) is 31.2. The Balaban J connectivity index is 0.872. The third-order valence-corrected chi connectivity index (χ3v) is 14.0. The number of aromatic nitrogens is 3. The molecule has 0 saturated heterocycles. The first kappa shape index (κ1) is 35.9. The first-order valence-electron chi connectivity index (χ1n) is 21.3. The van der Waals surface area contributed by atoms with E-state index in [0.717, 1.165) is 55.3 Å². The average Bonchev–Trinajstić information content (AvgIpc) is 3.88. The molecule has 0 fully saturated rings. The monoisotopic (exact) mass is 821 g/mol. The van der Waals surface area contributed by atoms with Crippen LogP contribution in [0.3, 0.4) is 0 Å². The molecule has 9 aromatic carbocycles. The van der Waals surface area contributed by atoms with E-state index in [0.29, 0.717) is 17.5 Å². The topological polar surface area (TPSA) is 51.8 Å². The highest BCUT2D eigenvalue weighted by atomic mass is 32.2. The van der Waals surface area contributed by atoms with Crippen LogP contribution < -0.4 is 0 Å². The van der Waals surface area contributed by atoms with E-state index < -0.39 is 0 Å². The predicted molar refractivity (Wildman–Crippen MR) is 256 cm³/mol. The molecule has 0 bridgehead atoms. The number of rotatable bonds is 5. The van der Waals surface area contributed by atoms with Crippen LogP contribution in [0.1, 0.15) is 22.3 Å². The molecule has 1 aliphatic heterocycles. The molecule has 1 spiro atoms. The third kappa shape index (κ3) is 5.53. The number of hydrogen-bond acceptors (Lipinski definition) is 5. The van der Waals surface area contributed by atoms with E-state index in [1.165, 1.54) is 48.7 Å². The summed E-state index contributed by atoms with van der Waals surface area (Å²) in [5.74, 6) is 1.87. The molecule has 0 amide bonds. The maximum absolute atomic E-state index is 6.37. The van der Waals surface area contributed by atoms with Gasteiger partial charge in [0.1, 0.15) is 11.2 Å². The molecule has 11 aromatic rings. The molecule has 1 aliphatic carbocycles. The lowest BCUT2D eigenvalue weighted by molar-refractivity contribution is 0.670. The van der Waals surface area contributed by atoms with E-state index in [9.17, 15) is 0 Å². The molecule has 0 radical (unpaired) electrons. The van der Waals surface area contributed by atoms with E-state index in [4.69, 9.17) is 19.4 Å². The quantitative estimate of drug-likeness (QED) is 0.173. The number of hydrogen-bond donors (Lipinski definition) is 0. The van der Waals surface area contributed by atoms with E-state index in [-0.39, 0.29) is 5.41 Å². The fourth-order valence-electron chi connectivity index (χ4n) is 9.98. The molecule has 63 heavy (non-hydrogen) atoms. The number of fused-ring (bicyclic) bond motifs is 12. The third-order valence-electron chi connectivity index (χ3n) is 12.9. The van der Waals surface area contributed by atoms with Crippen molar-refractivity contribution >= 4 is 33.7 Å². The van der Waals surface area contributed by atoms with Crippen LogP contribution in [0.2, 0.25) is 0 Å². The minimum atomic E-state index is -0.386. The van der Waals surface area contributed by atoms with Crippen LogP contribution >= 0.6 is 11.8 Å². The van der Waals surface area contributed by atoms with Crippen LogP contribution in [0.15, 0.2) is 227 Å². The highest BCUT2D eigenvalue weighted by Crippen LogP contribution is 2.62. The summed E-state index contributed by atoms with van der Waals surface area (Å²) in [7, 11) is 0. The highest BCUT2D eigenvalue weighted by molar-refractivity contribution is 7.99. The number of furan rings is 1. The molecule has 4 nitrogen and oxygen atoms in total. The van der Waals surface area contributed by atoms with Crippen LogP contribution in [0.4, 0.5) is 0 Å². The minimum Gasteiger partial charge on any atom is -0.455 e. The summed E-state index contributed by atoms with van der Waals surface area (Å²) in [4.78, 5) is 17.7. The second kappa shape index (κ2) is 14.1. The maximum Gasteiger partial charge on any atom is 0.164 e. The Morgan fingerprint density at radius 2 is 0.825 bits per heavy atom. The van der Waals surface area contributed by atoms with Crippen molar-refractivity contribution in [3.8, 4) is 67.5 Å². The fourth-order valence-corrected chi connectivity index (χ4v) is 11.2. The molecule has 13 rings (SSSR count). The summed E-state index contributed by atoms with van der Waals surface area (Å²) in [6.07, 6.45) is 0. The van der Waals surface area contributed by atoms with Crippen LogP contribution in [0.25, 0.3) is 89.5 Å². The Morgan fingerprint density at radius 3 is 1.52 bits per heavy atom. The van der Waals surface area contributed by atoms with Crippen molar-refractivity contribution in [2.75, 3.05) is 0 Å². The Morgan fingerprint density at radius 1 is 0.333 bits per heavy atom. The lowest BCUT2D eigenvalue weighted by atomic mass is 9.67. The molecule has 3 heterocycles. The summed E-state index contributed by atoms with van der Waals surface area (Å²) in [5, 5.41) is 2.23. The SMILES string of the molecule is c1ccc(-c2nc(-c3ccc(-c4ccc5c(c4)Sc4ccccc4C54c5ccccc5-c5ccccc54)cc3)nc(-c3ccc(-c4cccc5c4oc4ccccc45)cc3)n2)cc1. The van der Waals surface area contributed by atoms with Crippen molar-refractivity contribution in [3.05, 3.63) is 235 Å². The van der Waals surface area contributed by atoms with Gasteiger partial charge in [-0.2, -0.15) is 0 Å². The highest BCUT2D eigenvalue weighted by Gasteiger charge is 2.50. The zero-order valence-electron chi connectivity index (χ0n) is 33.9. The van der Waals surface area contributed by atoms with Crippen molar-refractivity contribution in [2.24, 2.45) is 0 Å². The van der Waals surface area contributed by atoms with Gasteiger partial charge in [-0.25, -0.2) is 15.0 Å². The van der Waals surface area contributed by atoms with Crippen molar-refractivity contribution < 1.29 is 4.42 Å². The van der Waals surface area contributed by atoms with Gasteiger partial charge in [0.05, 0.1) is 5.41 Å². The Hall–Kier alpha value is -7.86. The number of nitrogens with zero attached hydrogens (tertiary/aromatic N) is 3. The predicted octanol–water partition coefficient (Wildman–Crippen LogP) is 14.9. The van der Waals surface area contributed by atoms with Crippen molar-refractivity contribution in [2.45, 2.75) is 15.2 Å². The Labute approximate surface area is 368 Å². The zero-order valence-corrected chi connectivity index (χ0v) is 34.7. The Kier molecular flexibility index (Phi) is 8.02. The van der Waals surface area contributed by atoms with Gasteiger partial charge in [0, 0.05) is 42.8 Å². The summed E-state index contributed by atoms with van der Waals surface area (Å²) in [5.41, 5.74) is 16.6. The molecule has 2 aliphatic rings. The lowest BCUT2D eigenvalue weighted by Gasteiger charge is -2.39. The summed E-state index contributed by atoms with van der Waals surface area (Å²) < 4.78 is 6.37. The standard InChI is InChI=1S/C58H35N3OS/c1-2-13-38(14-3-1)55-59-56(61-57(60-55)40-31-27-37(28-32-40)42-18-12-19-46-45-17-6-10-23-51(45)62-54(42)46)39-29-25-36(26-30-39)41-33-34-50-53(35-41)63-52-24-11-9-22-49(52)58(50)47-20-7-4-15-43(47)44-16-5-8-21-48(44)58/h1-35H. The molecule has 0 saturated carbocycles. The second-order valence-corrected chi connectivity index (χ2v) is 17.3. The summed E-state index contributed by atoms with van der Waals surface area (Å²) in [6, 6.07) is 75.6. The van der Waals surface area contributed by atoms with Crippen molar-refractivity contribution in [1.29, 1.82) is 0 Å². The molecule has 2 aromatic heterocycles. The van der Waals surface area contributed by atoms with Gasteiger partial charge in [-0.1, -0.05) is 206 Å². The van der Waals surface area contributed by atoms with Gasteiger partial charge < -0.3 is 4.42 Å². The first-order valence-corrected chi connectivity index (χ1v) is 22.1. The summed E-state index contributed by atoms with van der Waals surface area (Å²) in [6.45, 7) is 0. The van der Waals surface area contributed by atoms with Crippen molar-refractivity contribution in [1.82, 2.24) is 15.0 Å².